The van der Waals surface area contributed by atoms with Gasteiger partial charge in [0.05, 0.1) is 27.7 Å². The molecule has 2 aromatic heterocycles. The number of thiophene rings is 1. The second-order valence-electron chi connectivity index (χ2n) is 11.1. The van der Waals surface area contributed by atoms with Crippen LogP contribution in [0.4, 0.5) is 28.0 Å². The lowest BCUT2D eigenvalue weighted by molar-refractivity contribution is -0.126. The van der Waals surface area contributed by atoms with Crippen LogP contribution in [-0.4, -0.2) is 64.3 Å². The highest BCUT2D eigenvalue weighted by molar-refractivity contribution is 7.23. The van der Waals surface area contributed by atoms with E-state index in [1.54, 1.807) is 39.0 Å². The number of carbonyl (C=O) groups excluding carboxylic acids is 1. The van der Waals surface area contributed by atoms with Crippen molar-refractivity contribution in [2.45, 2.75) is 103 Å². The van der Waals surface area contributed by atoms with E-state index in [4.69, 9.17) is 9.26 Å². The van der Waals surface area contributed by atoms with E-state index in [1.165, 1.54) is 0 Å². The summed E-state index contributed by atoms with van der Waals surface area (Å²) in [7, 11) is 1.95. The zero-order chi connectivity index (χ0) is 30.1. The van der Waals surface area contributed by atoms with Crippen LogP contribution in [0.25, 0.3) is 20.8 Å². The van der Waals surface area contributed by atoms with E-state index in [1.807, 2.05) is 20.9 Å². The van der Waals surface area contributed by atoms with Crippen LogP contribution in [0.15, 0.2) is 22.7 Å². The number of ether oxygens (including phenoxy) is 1. The highest BCUT2D eigenvalue weighted by Gasteiger charge is 2.46. The first-order chi connectivity index (χ1) is 19.3. The number of rotatable bonds is 6. The van der Waals surface area contributed by atoms with Crippen LogP contribution in [0.2, 0.25) is 0 Å². The number of aromatic nitrogens is 2. The van der Waals surface area contributed by atoms with E-state index < -0.39 is 36.5 Å². The molecule has 4 heterocycles. The van der Waals surface area contributed by atoms with Crippen molar-refractivity contribution >= 4 is 33.2 Å². The van der Waals surface area contributed by atoms with Crippen molar-refractivity contribution < 1.29 is 31.6 Å². The van der Waals surface area contributed by atoms with Gasteiger partial charge in [0.1, 0.15) is 18.3 Å². The maximum Gasteiger partial charge on any atom is 0.408 e. The molecule has 226 valence electrons. The molecule has 2 aliphatic heterocycles. The molecule has 0 aliphatic carbocycles. The van der Waals surface area contributed by atoms with Crippen molar-refractivity contribution in [3.8, 4) is 10.7 Å². The molecule has 0 spiro atoms. The standard InChI is InChI=1S/C26H31F4N5O3S.C2H6/c1-25(2,3)37-24(36)31-12-19-33-23(34-38-19)22-15(11-26(28,29)30)14-6-5-7-16(21(14)39-22)32-17-10-13-8-9-18(20(17)27)35(13)4;1-2/h5-7,13,17-18,20,32H,8-12H2,1-4H3,(H,31,36);1-2H3. The number of alkyl carbamates (subject to hydrolysis) is 1. The third kappa shape index (κ3) is 7.11. The lowest BCUT2D eigenvalue weighted by Crippen LogP contribution is -2.53. The molecule has 0 saturated carbocycles. The summed E-state index contributed by atoms with van der Waals surface area (Å²) in [6, 6.07) is 4.75. The summed E-state index contributed by atoms with van der Waals surface area (Å²) in [4.78, 5) is 18.5. The first kappa shape index (κ1) is 31.0. The summed E-state index contributed by atoms with van der Waals surface area (Å²) in [6.07, 6.45) is -5.08. The number of hydrogen-bond donors (Lipinski definition) is 2. The van der Waals surface area contributed by atoms with E-state index in [2.05, 4.69) is 25.7 Å². The van der Waals surface area contributed by atoms with Crippen LogP contribution in [0, 0.1) is 0 Å². The minimum atomic E-state index is -4.48. The van der Waals surface area contributed by atoms with Gasteiger partial charge in [0.15, 0.2) is 0 Å². The molecule has 1 aromatic carbocycles. The van der Waals surface area contributed by atoms with E-state index in [0.29, 0.717) is 22.2 Å². The molecule has 5 rings (SSSR count). The molecule has 4 atom stereocenters. The van der Waals surface area contributed by atoms with Crippen LogP contribution >= 0.6 is 11.3 Å². The molecule has 2 aliphatic rings. The van der Waals surface area contributed by atoms with Gasteiger partial charge in [-0.3, -0.25) is 4.90 Å². The zero-order valence-electron chi connectivity index (χ0n) is 24.1. The Hall–Kier alpha value is -2.93. The number of anilines is 1. The predicted molar refractivity (Wildman–Crippen MR) is 151 cm³/mol. The molecule has 41 heavy (non-hydrogen) atoms. The number of alkyl halides is 4. The topological polar surface area (TPSA) is 92.5 Å². The van der Waals surface area contributed by atoms with E-state index in [0.717, 1.165) is 24.2 Å². The van der Waals surface area contributed by atoms with Crippen LogP contribution in [0.3, 0.4) is 0 Å². The van der Waals surface area contributed by atoms with Gasteiger partial charge in [-0.1, -0.05) is 31.1 Å². The number of fused-ring (bicyclic) bond motifs is 3. The average Bonchev–Trinajstić information content (AvgIpc) is 3.56. The fraction of sp³-hybridized carbons (Fsp3) is 0.607. The zero-order valence-corrected chi connectivity index (χ0v) is 24.9. The van der Waals surface area contributed by atoms with Crippen molar-refractivity contribution in [3.05, 3.63) is 29.7 Å². The second-order valence-corrected chi connectivity index (χ2v) is 12.2. The van der Waals surface area contributed by atoms with Gasteiger partial charge in [0, 0.05) is 12.1 Å². The summed E-state index contributed by atoms with van der Waals surface area (Å²) < 4.78 is 67.3. The lowest BCUT2D eigenvalue weighted by Gasteiger charge is -2.39. The van der Waals surface area contributed by atoms with Crippen molar-refractivity contribution in [1.82, 2.24) is 20.4 Å². The highest BCUT2D eigenvalue weighted by Crippen LogP contribution is 2.44. The average molecular weight is 600 g/mol. The monoisotopic (exact) mass is 599 g/mol. The van der Waals surface area contributed by atoms with Crippen molar-refractivity contribution in [1.29, 1.82) is 0 Å². The minimum Gasteiger partial charge on any atom is -0.444 e. The first-order valence-corrected chi connectivity index (χ1v) is 14.6. The van der Waals surface area contributed by atoms with Gasteiger partial charge in [-0.15, -0.1) is 11.3 Å². The van der Waals surface area contributed by atoms with Crippen molar-refractivity contribution in [2.75, 3.05) is 12.4 Å². The number of benzene rings is 1. The van der Waals surface area contributed by atoms with Crippen LogP contribution in [0.1, 0.15) is 65.3 Å². The van der Waals surface area contributed by atoms with Gasteiger partial charge in [0.25, 0.3) is 0 Å². The quantitative estimate of drug-likeness (QED) is 0.292. The molecular formula is C28H37F4N5O3S. The van der Waals surface area contributed by atoms with Gasteiger partial charge >= 0.3 is 12.3 Å². The number of nitrogens with one attached hydrogen (secondary N) is 2. The summed E-state index contributed by atoms with van der Waals surface area (Å²) >= 11 is 1.11. The summed E-state index contributed by atoms with van der Waals surface area (Å²) in [6.45, 7) is 9.00. The van der Waals surface area contributed by atoms with Gasteiger partial charge in [-0.05, 0) is 64.1 Å². The molecule has 8 nitrogen and oxygen atoms in total. The van der Waals surface area contributed by atoms with Crippen LogP contribution < -0.4 is 10.6 Å². The summed E-state index contributed by atoms with van der Waals surface area (Å²) in [5.41, 5.74) is -0.0905. The van der Waals surface area contributed by atoms with Crippen molar-refractivity contribution in [3.63, 3.8) is 0 Å². The maximum atomic E-state index is 15.3. The van der Waals surface area contributed by atoms with E-state index in [9.17, 15) is 18.0 Å². The Kier molecular flexibility index (Phi) is 9.17. The minimum absolute atomic E-state index is 0.0110. The van der Waals surface area contributed by atoms with Crippen LogP contribution in [-0.2, 0) is 17.7 Å². The fourth-order valence-corrected chi connectivity index (χ4v) is 6.68. The third-order valence-electron chi connectivity index (χ3n) is 7.16. The summed E-state index contributed by atoms with van der Waals surface area (Å²) in [5, 5.41) is 10.1. The van der Waals surface area contributed by atoms with Gasteiger partial charge in [0.2, 0.25) is 11.7 Å². The Bertz CT molecular complexity index is 1350. The van der Waals surface area contributed by atoms with E-state index >= 15 is 4.39 Å². The predicted octanol–water partition coefficient (Wildman–Crippen LogP) is 7.09. The third-order valence-corrected chi connectivity index (χ3v) is 8.44. The van der Waals surface area contributed by atoms with Gasteiger partial charge < -0.3 is 19.9 Å². The van der Waals surface area contributed by atoms with Crippen LogP contribution in [0.5, 0.6) is 0 Å². The Labute approximate surface area is 240 Å². The Morgan fingerprint density at radius 2 is 1.95 bits per heavy atom. The molecular weight excluding hydrogens is 562 g/mol. The highest BCUT2D eigenvalue weighted by atomic mass is 32.1. The molecule has 0 radical (unpaired) electrons. The molecule has 2 N–H and O–H groups in total. The second kappa shape index (κ2) is 12.1. The molecule has 4 unspecified atom stereocenters. The molecule has 13 heteroatoms. The number of piperidine rings is 1. The molecule has 2 fully saturated rings. The number of halogens is 4. The summed E-state index contributed by atoms with van der Waals surface area (Å²) in [5.74, 6) is 0.00906. The van der Waals surface area contributed by atoms with E-state index in [-0.39, 0.29) is 40.8 Å². The SMILES string of the molecule is CC.CN1C2CCC1C(F)C(Nc1cccc3c(CC(F)(F)F)c(-c4noc(CNC(=O)OC(C)(C)C)n4)sc13)C2. The van der Waals surface area contributed by atoms with Gasteiger partial charge in [-0.2, -0.15) is 18.2 Å². The Morgan fingerprint density at radius 3 is 2.63 bits per heavy atom. The molecule has 3 aromatic rings. The fourth-order valence-electron chi connectivity index (χ4n) is 5.46. The number of hydrogen-bond acceptors (Lipinski definition) is 8. The maximum absolute atomic E-state index is 15.3. The smallest absolute Gasteiger partial charge is 0.408 e. The number of nitrogens with zero attached hydrogens (tertiary/aromatic N) is 3. The first-order valence-electron chi connectivity index (χ1n) is 13.8. The normalized spacial score (nSPS) is 22.8. The largest absolute Gasteiger partial charge is 0.444 e. The Balaban J connectivity index is 0.00000189. The van der Waals surface area contributed by atoms with Crippen molar-refractivity contribution in [2.24, 2.45) is 0 Å². The van der Waals surface area contributed by atoms with Gasteiger partial charge in [-0.25, -0.2) is 9.18 Å². The molecule has 2 bridgehead atoms. The number of carbonyl (C=O) groups is 1. The molecule has 2 saturated heterocycles. The Morgan fingerprint density at radius 1 is 1.22 bits per heavy atom. The number of amides is 1. The lowest BCUT2D eigenvalue weighted by atomic mass is 9.95. The molecule has 1 amide bonds.